The molecule has 0 aromatic carbocycles. The van der Waals surface area contributed by atoms with Gasteiger partial charge in [0.25, 0.3) is 0 Å². The van der Waals surface area contributed by atoms with Crippen LogP contribution in [0.2, 0.25) is 0 Å². The topological polar surface area (TPSA) is 28.1 Å². The van der Waals surface area contributed by atoms with Gasteiger partial charge in [0.05, 0.1) is 5.69 Å². The molecule has 1 N–H and O–H groups in total. The van der Waals surface area contributed by atoms with Crippen LogP contribution in [0.3, 0.4) is 0 Å². The Labute approximate surface area is 85.4 Å². The Morgan fingerprint density at radius 1 is 1.43 bits per heavy atom. The van der Waals surface area contributed by atoms with Gasteiger partial charge in [-0.2, -0.15) is 0 Å². The van der Waals surface area contributed by atoms with Crippen molar-refractivity contribution in [3.8, 4) is 0 Å². The number of aromatic amines is 1. The lowest BCUT2D eigenvalue weighted by molar-refractivity contribution is 0.569. The Morgan fingerprint density at radius 2 is 2.14 bits per heavy atom. The molecule has 1 aliphatic rings. The fraction of sp³-hybridized carbons (Fsp3) is 0.583. The van der Waals surface area contributed by atoms with Gasteiger partial charge in [-0.05, 0) is 18.4 Å². The molecular formula is C12H18N2. The molecule has 0 bridgehead atoms. The van der Waals surface area contributed by atoms with Crippen molar-refractivity contribution in [2.75, 3.05) is 0 Å². The van der Waals surface area contributed by atoms with E-state index in [1.807, 2.05) is 6.21 Å². The molecule has 2 heterocycles. The maximum absolute atomic E-state index is 4.45. The molecule has 76 valence electrons. The van der Waals surface area contributed by atoms with E-state index in [0.717, 1.165) is 12.1 Å². The predicted molar refractivity (Wildman–Crippen MR) is 60.5 cm³/mol. The summed E-state index contributed by atoms with van der Waals surface area (Å²) in [5, 5.41) is 0. The quantitative estimate of drug-likeness (QED) is 0.650. The van der Waals surface area contributed by atoms with E-state index in [0.29, 0.717) is 5.92 Å². The standard InChI is InChI=1S/C12H18N2/c1-8-5-10-9(13-7-8)6-11(14-10)12(2,3)4/h6-8,14H,5H2,1-4H3. The minimum atomic E-state index is 0.191. The normalized spacial score (nSPS) is 21.0. The highest BCUT2D eigenvalue weighted by atomic mass is 14.9. The molecule has 2 heteroatoms. The Bertz CT molecular complexity index is 366. The van der Waals surface area contributed by atoms with Crippen LogP contribution >= 0.6 is 0 Å². The van der Waals surface area contributed by atoms with Crippen molar-refractivity contribution in [3.63, 3.8) is 0 Å². The van der Waals surface area contributed by atoms with Gasteiger partial charge in [0.1, 0.15) is 0 Å². The summed E-state index contributed by atoms with van der Waals surface area (Å²) in [6.45, 7) is 8.86. The molecule has 0 saturated heterocycles. The Balaban J connectivity index is 2.39. The van der Waals surface area contributed by atoms with Crippen molar-refractivity contribution >= 4 is 11.9 Å². The largest absolute Gasteiger partial charge is 0.360 e. The Hall–Kier alpha value is -1.05. The molecule has 1 aromatic rings. The SMILES string of the molecule is CC1C=Nc2cc(C(C)(C)C)[nH]c2C1. The summed E-state index contributed by atoms with van der Waals surface area (Å²) >= 11 is 0. The van der Waals surface area contributed by atoms with Gasteiger partial charge in [-0.25, -0.2) is 0 Å². The van der Waals surface area contributed by atoms with Gasteiger partial charge in [0.15, 0.2) is 0 Å². The van der Waals surface area contributed by atoms with Crippen molar-refractivity contribution in [3.05, 3.63) is 17.5 Å². The van der Waals surface area contributed by atoms with Gasteiger partial charge in [0.2, 0.25) is 0 Å². The van der Waals surface area contributed by atoms with E-state index in [1.54, 1.807) is 0 Å². The average molecular weight is 190 g/mol. The van der Waals surface area contributed by atoms with Gasteiger partial charge in [-0.3, -0.25) is 4.99 Å². The van der Waals surface area contributed by atoms with E-state index in [-0.39, 0.29) is 5.41 Å². The number of fused-ring (bicyclic) bond motifs is 1. The van der Waals surface area contributed by atoms with Crippen LogP contribution in [0.5, 0.6) is 0 Å². The van der Waals surface area contributed by atoms with Crippen LogP contribution in [-0.4, -0.2) is 11.2 Å². The first-order chi connectivity index (χ1) is 6.47. The third kappa shape index (κ3) is 1.61. The number of rotatable bonds is 0. The van der Waals surface area contributed by atoms with E-state index in [4.69, 9.17) is 0 Å². The highest BCUT2D eigenvalue weighted by Gasteiger charge is 2.20. The molecule has 14 heavy (non-hydrogen) atoms. The number of hydrogen-bond donors (Lipinski definition) is 1. The lowest BCUT2D eigenvalue weighted by atomic mass is 9.92. The second-order valence-corrected chi connectivity index (χ2v) is 5.26. The summed E-state index contributed by atoms with van der Waals surface area (Å²) in [5.74, 6) is 0.564. The molecule has 0 spiro atoms. The molecule has 0 aliphatic carbocycles. The van der Waals surface area contributed by atoms with Crippen molar-refractivity contribution in [2.45, 2.75) is 39.5 Å². The first-order valence-corrected chi connectivity index (χ1v) is 5.23. The van der Waals surface area contributed by atoms with Crippen molar-refractivity contribution in [1.82, 2.24) is 4.98 Å². The molecule has 1 aromatic heterocycles. The van der Waals surface area contributed by atoms with Gasteiger partial charge in [0, 0.05) is 23.0 Å². The molecule has 1 atom stereocenters. The monoisotopic (exact) mass is 190 g/mol. The Morgan fingerprint density at radius 3 is 2.79 bits per heavy atom. The molecule has 0 radical (unpaired) electrons. The third-order valence-corrected chi connectivity index (χ3v) is 2.68. The van der Waals surface area contributed by atoms with Crippen LogP contribution in [-0.2, 0) is 11.8 Å². The zero-order chi connectivity index (χ0) is 10.3. The predicted octanol–water partition coefficient (Wildman–Crippen LogP) is 3.21. The second-order valence-electron chi connectivity index (χ2n) is 5.26. The molecule has 2 rings (SSSR count). The summed E-state index contributed by atoms with van der Waals surface area (Å²) in [7, 11) is 0. The van der Waals surface area contributed by atoms with E-state index < -0.39 is 0 Å². The third-order valence-electron chi connectivity index (χ3n) is 2.68. The number of H-pyrrole nitrogens is 1. The Kier molecular flexibility index (Phi) is 2.02. The van der Waals surface area contributed by atoms with Crippen LogP contribution in [0.1, 0.15) is 39.1 Å². The summed E-state index contributed by atoms with van der Waals surface area (Å²) in [4.78, 5) is 7.94. The van der Waals surface area contributed by atoms with Crippen molar-refractivity contribution < 1.29 is 0 Å². The molecular weight excluding hydrogens is 172 g/mol. The lowest BCUT2D eigenvalue weighted by Crippen LogP contribution is -2.12. The van der Waals surface area contributed by atoms with Crippen LogP contribution in [0, 0.1) is 5.92 Å². The average Bonchev–Trinajstić information content (AvgIpc) is 2.45. The number of aliphatic imine (C=N–C) groups is 1. The van der Waals surface area contributed by atoms with E-state index in [2.05, 4.69) is 43.7 Å². The van der Waals surface area contributed by atoms with Gasteiger partial charge >= 0.3 is 0 Å². The summed E-state index contributed by atoms with van der Waals surface area (Å²) in [5.41, 5.74) is 3.91. The zero-order valence-electron chi connectivity index (χ0n) is 9.39. The molecule has 0 fully saturated rings. The van der Waals surface area contributed by atoms with Crippen LogP contribution in [0.25, 0.3) is 0 Å². The maximum Gasteiger partial charge on any atom is 0.0836 e. The van der Waals surface area contributed by atoms with Gasteiger partial charge < -0.3 is 4.98 Å². The zero-order valence-corrected chi connectivity index (χ0v) is 9.39. The van der Waals surface area contributed by atoms with Crippen LogP contribution in [0.4, 0.5) is 5.69 Å². The first kappa shape index (κ1) is 9.50. The minimum absolute atomic E-state index is 0.191. The summed E-state index contributed by atoms with van der Waals surface area (Å²) in [6.07, 6.45) is 3.14. The van der Waals surface area contributed by atoms with Crippen molar-refractivity contribution in [2.24, 2.45) is 10.9 Å². The molecule has 0 saturated carbocycles. The number of aromatic nitrogens is 1. The summed E-state index contributed by atoms with van der Waals surface area (Å²) in [6, 6.07) is 2.18. The molecule has 0 amide bonds. The fourth-order valence-corrected chi connectivity index (χ4v) is 1.74. The van der Waals surface area contributed by atoms with Gasteiger partial charge in [-0.15, -0.1) is 0 Å². The molecule has 2 nitrogen and oxygen atoms in total. The van der Waals surface area contributed by atoms with Gasteiger partial charge in [-0.1, -0.05) is 27.7 Å². The lowest BCUT2D eigenvalue weighted by Gasteiger charge is -2.16. The van der Waals surface area contributed by atoms with Crippen LogP contribution < -0.4 is 0 Å². The molecule has 1 aliphatic heterocycles. The first-order valence-electron chi connectivity index (χ1n) is 5.23. The minimum Gasteiger partial charge on any atom is -0.360 e. The highest BCUT2D eigenvalue weighted by molar-refractivity contribution is 5.70. The van der Waals surface area contributed by atoms with Crippen LogP contribution in [0.15, 0.2) is 11.1 Å². The number of nitrogens with one attached hydrogen (secondary N) is 1. The second kappa shape index (κ2) is 2.97. The van der Waals surface area contributed by atoms with E-state index in [1.165, 1.54) is 11.4 Å². The van der Waals surface area contributed by atoms with E-state index >= 15 is 0 Å². The summed E-state index contributed by atoms with van der Waals surface area (Å²) < 4.78 is 0. The maximum atomic E-state index is 4.45. The molecule has 1 unspecified atom stereocenters. The van der Waals surface area contributed by atoms with Crippen molar-refractivity contribution in [1.29, 1.82) is 0 Å². The highest BCUT2D eigenvalue weighted by Crippen LogP contribution is 2.31. The number of hydrogen-bond acceptors (Lipinski definition) is 1. The fourth-order valence-electron chi connectivity index (χ4n) is 1.74. The smallest absolute Gasteiger partial charge is 0.0836 e. The number of nitrogens with zero attached hydrogens (tertiary/aromatic N) is 1. The van der Waals surface area contributed by atoms with E-state index in [9.17, 15) is 0 Å².